The molecule has 11 heteroatoms. The lowest BCUT2D eigenvalue weighted by Gasteiger charge is -2.37. The molecule has 0 aromatic rings. The maximum Gasteiger partial charge on any atom is 0.410 e. The Balaban J connectivity index is 1.86. The molecule has 3 aliphatic rings. The fourth-order valence-corrected chi connectivity index (χ4v) is 5.27. The molecule has 0 radical (unpaired) electrons. The standard InChI is InChI=1S/C25H44N6O5/c1-15(2)27-23(34)31-14-18(36-24(35)29-11-8-9-12-29)19-17(31)10-13-30(19)22(33)20(25(4,5)6)28-21(32)16(3)26-7/h15-20,26H,8-14H2,1-7H3,(H,27,34)(H,28,32)/t16-,17+,18-,19-,20+/m0/s1. The van der Waals surface area contributed by atoms with Crippen LogP contribution in [0.15, 0.2) is 0 Å². The highest BCUT2D eigenvalue weighted by Gasteiger charge is 2.55. The molecule has 0 unspecified atom stereocenters. The Morgan fingerprint density at radius 3 is 2.14 bits per heavy atom. The minimum atomic E-state index is -0.770. The van der Waals surface area contributed by atoms with Gasteiger partial charge in [-0.05, 0) is 52.5 Å². The van der Waals surface area contributed by atoms with E-state index in [9.17, 15) is 19.2 Å². The van der Waals surface area contributed by atoms with Crippen molar-refractivity contribution in [2.75, 3.05) is 33.2 Å². The summed E-state index contributed by atoms with van der Waals surface area (Å²) in [6.45, 7) is 13.2. The van der Waals surface area contributed by atoms with Gasteiger partial charge in [0, 0.05) is 25.7 Å². The highest BCUT2D eigenvalue weighted by Crippen LogP contribution is 2.36. The number of likely N-dealkylation sites (N-methyl/N-ethyl adjacent to an activating group) is 1. The SMILES string of the molecule is CN[C@@H](C)C(=O)N[C@H](C(=O)N1CC[C@@H]2[C@H]1[C@@H](OC(=O)N1CCCC1)CN2C(=O)NC(C)C)C(C)(C)C. The summed E-state index contributed by atoms with van der Waals surface area (Å²) in [5, 5.41) is 8.76. The molecule has 3 saturated heterocycles. The summed E-state index contributed by atoms with van der Waals surface area (Å²) >= 11 is 0. The quantitative estimate of drug-likeness (QED) is 0.494. The molecule has 0 spiro atoms. The first kappa shape index (κ1) is 28.0. The molecular weight excluding hydrogens is 464 g/mol. The van der Waals surface area contributed by atoms with Gasteiger partial charge in [-0.15, -0.1) is 0 Å². The number of ether oxygens (including phenoxy) is 1. The molecule has 11 nitrogen and oxygen atoms in total. The number of amides is 5. The average molecular weight is 509 g/mol. The summed E-state index contributed by atoms with van der Waals surface area (Å²) in [6.07, 6.45) is 1.43. The number of fused-ring (bicyclic) bond motifs is 1. The summed E-state index contributed by atoms with van der Waals surface area (Å²) in [6, 6.07) is -2.23. The summed E-state index contributed by atoms with van der Waals surface area (Å²) in [5.41, 5.74) is -0.548. The van der Waals surface area contributed by atoms with Gasteiger partial charge in [0.25, 0.3) is 0 Å². The monoisotopic (exact) mass is 508 g/mol. The zero-order valence-corrected chi connectivity index (χ0v) is 22.8. The van der Waals surface area contributed by atoms with Crippen molar-refractivity contribution in [3.05, 3.63) is 0 Å². The molecule has 3 N–H and O–H groups in total. The van der Waals surface area contributed by atoms with Crippen LogP contribution in [0.5, 0.6) is 0 Å². The van der Waals surface area contributed by atoms with E-state index in [1.54, 1.807) is 28.7 Å². The van der Waals surface area contributed by atoms with Gasteiger partial charge in [0.05, 0.1) is 24.7 Å². The topological polar surface area (TPSA) is 123 Å². The van der Waals surface area contributed by atoms with Crippen LogP contribution in [0.2, 0.25) is 0 Å². The van der Waals surface area contributed by atoms with Crippen molar-refractivity contribution in [3.8, 4) is 0 Å². The van der Waals surface area contributed by atoms with Crippen LogP contribution in [0.3, 0.4) is 0 Å². The van der Waals surface area contributed by atoms with Crippen LogP contribution < -0.4 is 16.0 Å². The number of carbonyl (C=O) groups is 4. The molecule has 0 aromatic heterocycles. The molecule has 0 aliphatic carbocycles. The lowest BCUT2D eigenvalue weighted by atomic mass is 9.85. The van der Waals surface area contributed by atoms with Gasteiger partial charge in [-0.3, -0.25) is 9.59 Å². The molecule has 0 bridgehead atoms. The molecule has 0 aromatic carbocycles. The largest absolute Gasteiger partial charge is 0.442 e. The van der Waals surface area contributed by atoms with Crippen LogP contribution in [0.1, 0.15) is 60.8 Å². The molecule has 0 saturated carbocycles. The predicted molar refractivity (Wildman–Crippen MR) is 135 cm³/mol. The highest BCUT2D eigenvalue weighted by atomic mass is 16.6. The summed E-state index contributed by atoms with van der Waals surface area (Å²) < 4.78 is 5.95. The smallest absolute Gasteiger partial charge is 0.410 e. The maximum absolute atomic E-state index is 13.9. The summed E-state index contributed by atoms with van der Waals surface area (Å²) in [5.74, 6) is -0.483. The van der Waals surface area contributed by atoms with Crippen molar-refractivity contribution in [2.24, 2.45) is 5.41 Å². The number of hydrogen-bond acceptors (Lipinski definition) is 6. The van der Waals surface area contributed by atoms with Gasteiger partial charge < -0.3 is 35.4 Å². The Morgan fingerprint density at radius 1 is 0.944 bits per heavy atom. The van der Waals surface area contributed by atoms with Crippen molar-refractivity contribution in [3.63, 3.8) is 0 Å². The van der Waals surface area contributed by atoms with Crippen molar-refractivity contribution >= 4 is 23.9 Å². The lowest BCUT2D eigenvalue weighted by molar-refractivity contribution is -0.142. The number of urea groups is 1. The normalized spacial score (nSPS) is 25.6. The molecule has 204 valence electrons. The fourth-order valence-electron chi connectivity index (χ4n) is 5.27. The van der Waals surface area contributed by atoms with Gasteiger partial charge in [0.1, 0.15) is 12.1 Å². The molecule has 3 fully saturated rings. The van der Waals surface area contributed by atoms with Gasteiger partial charge in [-0.25, -0.2) is 9.59 Å². The number of nitrogens with one attached hydrogen (secondary N) is 3. The van der Waals surface area contributed by atoms with Crippen molar-refractivity contribution in [1.82, 2.24) is 30.7 Å². The van der Waals surface area contributed by atoms with Gasteiger partial charge in [-0.2, -0.15) is 0 Å². The zero-order valence-electron chi connectivity index (χ0n) is 22.8. The number of likely N-dealkylation sites (tertiary alicyclic amines) is 3. The minimum Gasteiger partial charge on any atom is -0.442 e. The lowest BCUT2D eigenvalue weighted by Crippen LogP contribution is -2.59. The van der Waals surface area contributed by atoms with Gasteiger partial charge >= 0.3 is 12.1 Å². The van der Waals surface area contributed by atoms with E-state index in [-0.39, 0.29) is 36.5 Å². The van der Waals surface area contributed by atoms with Gasteiger partial charge in [-0.1, -0.05) is 20.8 Å². The highest BCUT2D eigenvalue weighted by molar-refractivity contribution is 5.91. The van der Waals surface area contributed by atoms with Crippen molar-refractivity contribution in [1.29, 1.82) is 0 Å². The summed E-state index contributed by atoms with van der Waals surface area (Å²) in [4.78, 5) is 57.6. The van der Waals surface area contributed by atoms with Crippen LogP contribution >= 0.6 is 0 Å². The van der Waals surface area contributed by atoms with E-state index in [1.807, 2.05) is 34.6 Å². The first-order valence-corrected chi connectivity index (χ1v) is 13.2. The number of rotatable bonds is 6. The molecular formula is C25H44N6O5. The molecule has 5 amide bonds. The van der Waals surface area contributed by atoms with E-state index in [0.29, 0.717) is 26.1 Å². The second-order valence-corrected chi connectivity index (χ2v) is 11.6. The van der Waals surface area contributed by atoms with E-state index in [0.717, 1.165) is 12.8 Å². The first-order valence-electron chi connectivity index (χ1n) is 13.2. The third-order valence-corrected chi connectivity index (χ3v) is 7.38. The molecule has 5 atom stereocenters. The maximum atomic E-state index is 13.9. The van der Waals surface area contributed by atoms with Crippen LogP contribution in [0.25, 0.3) is 0 Å². The van der Waals surface area contributed by atoms with E-state index >= 15 is 0 Å². The van der Waals surface area contributed by atoms with E-state index in [4.69, 9.17) is 4.74 Å². The van der Waals surface area contributed by atoms with E-state index < -0.39 is 35.7 Å². The second-order valence-electron chi connectivity index (χ2n) is 11.6. The fraction of sp³-hybridized carbons (Fsp3) is 0.840. The van der Waals surface area contributed by atoms with E-state index in [2.05, 4.69) is 16.0 Å². The zero-order chi connectivity index (χ0) is 26.8. The molecule has 36 heavy (non-hydrogen) atoms. The molecule has 3 rings (SSSR count). The van der Waals surface area contributed by atoms with Gasteiger partial charge in [0.15, 0.2) is 0 Å². The molecule has 3 heterocycles. The third kappa shape index (κ3) is 6.04. The Kier molecular flexibility index (Phi) is 8.74. The predicted octanol–water partition coefficient (Wildman–Crippen LogP) is 1.13. The Bertz CT molecular complexity index is 837. The van der Waals surface area contributed by atoms with Crippen molar-refractivity contribution < 1.29 is 23.9 Å². The van der Waals surface area contributed by atoms with E-state index in [1.165, 1.54) is 0 Å². The Hall–Kier alpha value is -2.56. The molecule has 3 aliphatic heterocycles. The Morgan fingerprint density at radius 2 is 1.58 bits per heavy atom. The minimum absolute atomic E-state index is 0.0454. The Labute approximate surface area is 214 Å². The number of hydrogen-bond donors (Lipinski definition) is 3. The van der Waals surface area contributed by atoms with Crippen molar-refractivity contribution in [2.45, 2.75) is 97.1 Å². The van der Waals surface area contributed by atoms with Crippen LogP contribution in [0, 0.1) is 5.41 Å². The third-order valence-electron chi connectivity index (χ3n) is 7.38. The van der Waals surface area contributed by atoms with Crippen LogP contribution in [-0.4, -0.2) is 108 Å². The number of nitrogens with zero attached hydrogens (tertiary/aromatic N) is 3. The summed E-state index contributed by atoms with van der Waals surface area (Å²) in [7, 11) is 1.69. The second kappa shape index (κ2) is 11.2. The van der Waals surface area contributed by atoms with Gasteiger partial charge in [0.2, 0.25) is 11.8 Å². The van der Waals surface area contributed by atoms with Crippen LogP contribution in [-0.2, 0) is 14.3 Å². The number of carbonyl (C=O) groups excluding carboxylic acids is 4. The van der Waals surface area contributed by atoms with Crippen LogP contribution in [0.4, 0.5) is 9.59 Å². The average Bonchev–Trinajstić information content (AvgIpc) is 3.53. The first-order chi connectivity index (χ1) is 16.8.